The number of nitrogens with two attached hydrogens (primary N) is 1. The van der Waals surface area contributed by atoms with Gasteiger partial charge < -0.3 is 11.1 Å². The Kier molecular flexibility index (Phi) is 5.31. The predicted octanol–water partition coefficient (Wildman–Crippen LogP) is 3.90. The second-order valence-electron chi connectivity index (χ2n) is 4.73. The maximum Gasteiger partial charge on any atom is 0.224 e. The molecule has 1 unspecified atom stereocenters. The number of carbonyl (C=O) groups is 1. The molecule has 5 heteroatoms. The Labute approximate surface area is 127 Å². The van der Waals surface area contributed by atoms with Crippen molar-refractivity contribution in [2.45, 2.75) is 18.9 Å². The Morgan fingerprint density at radius 2 is 1.95 bits per heavy atom. The molecule has 1 amide bonds. The molecule has 21 heavy (non-hydrogen) atoms. The van der Waals surface area contributed by atoms with E-state index in [1.165, 1.54) is 18.2 Å². The molecule has 0 aromatic heterocycles. The fourth-order valence-corrected chi connectivity index (χ4v) is 2.13. The number of rotatable bonds is 5. The lowest BCUT2D eigenvalue weighted by Crippen LogP contribution is -2.17. The first-order valence-corrected chi connectivity index (χ1v) is 6.99. The van der Waals surface area contributed by atoms with Crippen LogP contribution in [0.15, 0.2) is 48.5 Å². The van der Waals surface area contributed by atoms with Crippen LogP contribution >= 0.6 is 11.6 Å². The van der Waals surface area contributed by atoms with E-state index in [-0.39, 0.29) is 24.1 Å². The van der Waals surface area contributed by atoms with E-state index >= 15 is 0 Å². The maximum atomic E-state index is 13.5. The number of benzene rings is 2. The molecule has 0 bridgehead atoms. The smallest absolute Gasteiger partial charge is 0.224 e. The third kappa shape index (κ3) is 4.55. The summed E-state index contributed by atoms with van der Waals surface area (Å²) < 4.78 is 13.5. The van der Waals surface area contributed by atoms with Crippen molar-refractivity contribution in [2.75, 3.05) is 5.32 Å². The van der Waals surface area contributed by atoms with Gasteiger partial charge in [0.25, 0.3) is 0 Å². The SMILES string of the molecule is NC(CCC(=O)Nc1cc(Cl)ccc1F)c1ccccc1. The topological polar surface area (TPSA) is 55.1 Å². The second-order valence-corrected chi connectivity index (χ2v) is 5.16. The molecule has 0 fully saturated rings. The van der Waals surface area contributed by atoms with Gasteiger partial charge in [0.15, 0.2) is 0 Å². The van der Waals surface area contributed by atoms with Crippen LogP contribution in [0.2, 0.25) is 5.02 Å². The molecule has 3 N–H and O–H groups in total. The zero-order valence-corrected chi connectivity index (χ0v) is 12.1. The lowest BCUT2D eigenvalue weighted by molar-refractivity contribution is -0.116. The minimum Gasteiger partial charge on any atom is -0.324 e. The van der Waals surface area contributed by atoms with E-state index in [2.05, 4.69) is 5.32 Å². The van der Waals surface area contributed by atoms with Crippen LogP contribution in [0.5, 0.6) is 0 Å². The number of nitrogens with one attached hydrogen (secondary N) is 1. The van der Waals surface area contributed by atoms with E-state index in [1.807, 2.05) is 30.3 Å². The summed E-state index contributed by atoms with van der Waals surface area (Å²) in [5.41, 5.74) is 7.07. The van der Waals surface area contributed by atoms with Crippen molar-refractivity contribution in [1.29, 1.82) is 0 Å². The first kappa shape index (κ1) is 15.5. The van der Waals surface area contributed by atoms with Gasteiger partial charge in [-0.15, -0.1) is 0 Å². The van der Waals surface area contributed by atoms with Gasteiger partial charge in [0, 0.05) is 17.5 Å². The van der Waals surface area contributed by atoms with Crippen LogP contribution in [-0.4, -0.2) is 5.91 Å². The van der Waals surface area contributed by atoms with Crippen LogP contribution in [-0.2, 0) is 4.79 Å². The summed E-state index contributed by atoms with van der Waals surface area (Å²) in [5, 5.41) is 2.87. The number of hydrogen-bond acceptors (Lipinski definition) is 2. The lowest BCUT2D eigenvalue weighted by Gasteiger charge is -2.12. The molecular formula is C16H16ClFN2O. The standard InChI is InChI=1S/C16H16ClFN2O/c17-12-6-7-13(18)15(10-12)20-16(21)9-8-14(19)11-4-2-1-3-5-11/h1-7,10,14H,8-9,19H2,(H,20,21). The van der Waals surface area contributed by atoms with Gasteiger partial charge in [0.1, 0.15) is 5.82 Å². The van der Waals surface area contributed by atoms with Crippen molar-refractivity contribution in [2.24, 2.45) is 5.73 Å². The van der Waals surface area contributed by atoms with Crippen LogP contribution in [0.3, 0.4) is 0 Å². The molecule has 2 aromatic rings. The van der Waals surface area contributed by atoms with Crippen molar-refractivity contribution < 1.29 is 9.18 Å². The highest BCUT2D eigenvalue weighted by Gasteiger charge is 2.11. The van der Waals surface area contributed by atoms with Crippen LogP contribution in [0.4, 0.5) is 10.1 Å². The highest BCUT2D eigenvalue weighted by Crippen LogP contribution is 2.20. The molecule has 0 saturated heterocycles. The third-order valence-corrected chi connectivity index (χ3v) is 3.35. The molecular weight excluding hydrogens is 291 g/mol. The molecule has 2 rings (SSSR count). The summed E-state index contributed by atoms with van der Waals surface area (Å²) in [5.74, 6) is -0.803. The number of anilines is 1. The number of amides is 1. The molecule has 0 radical (unpaired) electrons. The lowest BCUT2D eigenvalue weighted by atomic mass is 10.0. The van der Waals surface area contributed by atoms with E-state index in [0.29, 0.717) is 11.4 Å². The van der Waals surface area contributed by atoms with Gasteiger partial charge in [-0.05, 0) is 30.2 Å². The van der Waals surface area contributed by atoms with Gasteiger partial charge in [-0.3, -0.25) is 4.79 Å². The molecule has 0 heterocycles. The molecule has 0 aliphatic carbocycles. The zero-order chi connectivity index (χ0) is 15.2. The molecule has 3 nitrogen and oxygen atoms in total. The van der Waals surface area contributed by atoms with Crippen molar-refractivity contribution in [1.82, 2.24) is 0 Å². The number of carbonyl (C=O) groups excluding carboxylic acids is 1. The fourth-order valence-electron chi connectivity index (χ4n) is 1.96. The highest BCUT2D eigenvalue weighted by atomic mass is 35.5. The summed E-state index contributed by atoms with van der Waals surface area (Å²) in [6, 6.07) is 13.3. The molecule has 0 spiro atoms. The molecule has 1 atom stereocenters. The summed E-state index contributed by atoms with van der Waals surface area (Å²) >= 11 is 5.77. The van der Waals surface area contributed by atoms with E-state index in [4.69, 9.17) is 17.3 Å². The fraction of sp³-hybridized carbons (Fsp3) is 0.188. The van der Waals surface area contributed by atoms with Crippen LogP contribution in [0.1, 0.15) is 24.4 Å². The quantitative estimate of drug-likeness (QED) is 0.880. The van der Waals surface area contributed by atoms with Gasteiger partial charge in [0.2, 0.25) is 5.91 Å². The van der Waals surface area contributed by atoms with Crippen LogP contribution < -0.4 is 11.1 Å². The molecule has 0 aliphatic heterocycles. The minimum absolute atomic E-state index is 0.0841. The summed E-state index contributed by atoms with van der Waals surface area (Å²) in [6.45, 7) is 0. The average Bonchev–Trinajstić information content (AvgIpc) is 2.49. The summed E-state index contributed by atoms with van der Waals surface area (Å²) in [6.07, 6.45) is 0.694. The minimum atomic E-state index is -0.514. The van der Waals surface area contributed by atoms with Gasteiger partial charge in [-0.25, -0.2) is 4.39 Å². The molecule has 110 valence electrons. The van der Waals surface area contributed by atoms with Crippen molar-refractivity contribution >= 4 is 23.2 Å². The Morgan fingerprint density at radius 1 is 1.24 bits per heavy atom. The van der Waals surface area contributed by atoms with Crippen molar-refractivity contribution in [3.05, 3.63) is 64.9 Å². The number of hydrogen-bond donors (Lipinski definition) is 2. The van der Waals surface area contributed by atoms with E-state index in [9.17, 15) is 9.18 Å². The third-order valence-electron chi connectivity index (χ3n) is 3.11. The first-order chi connectivity index (χ1) is 10.1. The molecule has 0 saturated carbocycles. The van der Waals surface area contributed by atoms with Crippen LogP contribution in [0.25, 0.3) is 0 Å². The Bertz CT molecular complexity index is 619. The number of halogens is 2. The molecule has 2 aromatic carbocycles. The van der Waals surface area contributed by atoms with Crippen molar-refractivity contribution in [3.8, 4) is 0 Å². The van der Waals surface area contributed by atoms with Gasteiger partial charge in [-0.1, -0.05) is 41.9 Å². The average molecular weight is 307 g/mol. The van der Waals surface area contributed by atoms with Crippen LogP contribution in [0, 0.1) is 5.82 Å². The first-order valence-electron chi connectivity index (χ1n) is 6.61. The summed E-state index contributed by atoms with van der Waals surface area (Å²) in [4.78, 5) is 11.8. The van der Waals surface area contributed by atoms with Crippen molar-refractivity contribution in [3.63, 3.8) is 0 Å². The van der Waals surface area contributed by atoms with E-state index in [1.54, 1.807) is 0 Å². The Morgan fingerprint density at radius 3 is 2.67 bits per heavy atom. The highest BCUT2D eigenvalue weighted by molar-refractivity contribution is 6.30. The Hall–Kier alpha value is -1.91. The molecule has 0 aliphatic rings. The van der Waals surface area contributed by atoms with Gasteiger partial charge >= 0.3 is 0 Å². The van der Waals surface area contributed by atoms with E-state index < -0.39 is 5.82 Å². The van der Waals surface area contributed by atoms with Gasteiger partial charge in [-0.2, -0.15) is 0 Å². The summed E-state index contributed by atoms with van der Waals surface area (Å²) in [7, 11) is 0. The predicted molar refractivity (Wildman–Crippen MR) is 82.6 cm³/mol. The Balaban J connectivity index is 1.89. The monoisotopic (exact) mass is 306 g/mol. The van der Waals surface area contributed by atoms with E-state index in [0.717, 1.165) is 5.56 Å². The normalized spacial score (nSPS) is 12.0. The zero-order valence-electron chi connectivity index (χ0n) is 11.4. The van der Waals surface area contributed by atoms with Gasteiger partial charge in [0.05, 0.1) is 5.69 Å². The second kappa shape index (κ2) is 7.20. The largest absolute Gasteiger partial charge is 0.324 e. The maximum absolute atomic E-state index is 13.5.